The number of piperidine rings is 1. The predicted molar refractivity (Wildman–Crippen MR) is 85.8 cm³/mol. The summed E-state index contributed by atoms with van der Waals surface area (Å²) in [6, 6.07) is -0.0854. The fourth-order valence-corrected chi connectivity index (χ4v) is 2.06. The number of likely N-dealkylation sites (tertiary alicyclic amines) is 1. The summed E-state index contributed by atoms with van der Waals surface area (Å²) < 4.78 is 9.97. The summed E-state index contributed by atoms with van der Waals surface area (Å²) in [7, 11) is 1.35. The molecule has 2 atom stereocenters. The number of carbonyl (C=O) groups is 4. The topological polar surface area (TPSA) is 156 Å². The van der Waals surface area contributed by atoms with Gasteiger partial charge in [0.1, 0.15) is 5.60 Å². The average Bonchev–Trinajstić information content (AvgIpc) is 2.48. The van der Waals surface area contributed by atoms with Gasteiger partial charge in [0.2, 0.25) is 0 Å². The highest BCUT2D eigenvalue weighted by Gasteiger charge is 2.33. The molecule has 0 spiro atoms. The summed E-state index contributed by atoms with van der Waals surface area (Å²) in [5.74, 6) is -4.02. The van der Waals surface area contributed by atoms with Gasteiger partial charge in [0, 0.05) is 25.0 Å². The lowest BCUT2D eigenvalue weighted by Gasteiger charge is -2.37. The molecule has 1 aliphatic heterocycles. The number of hydrogen-bond acceptors (Lipinski definition) is 7. The molecule has 10 nitrogen and oxygen atoms in total. The lowest BCUT2D eigenvalue weighted by atomic mass is 9.90. The van der Waals surface area contributed by atoms with Crippen LogP contribution in [-0.4, -0.2) is 71.0 Å². The highest BCUT2D eigenvalue weighted by molar-refractivity contribution is 6.27. The summed E-state index contributed by atoms with van der Waals surface area (Å²) >= 11 is 0. The van der Waals surface area contributed by atoms with Crippen LogP contribution in [0.3, 0.4) is 0 Å². The van der Waals surface area contributed by atoms with E-state index in [1.54, 1.807) is 4.90 Å². The molecule has 0 aromatic heterocycles. The Hall–Kier alpha value is -2.36. The summed E-state index contributed by atoms with van der Waals surface area (Å²) in [6.45, 7) is 6.48. The quantitative estimate of drug-likeness (QED) is 0.464. The first-order valence-corrected chi connectivity index (χ1v) is 7.64. The third-order valence-corrected chi connectivity index (χ3v) is 3.28. The van der Waals surface area contributed by atoms with Crippen molar-refractivity contribution in [1.29, 1.82) is 0 Å². The smallest absolute Gasteiger partial charge is 0.414 e. The van der Waals surface area contributed by atoms with Gasteiger partial charge in [-0.15, -0.1) is 0 Å². The number of aliphatic carboxylic acids is 2. The maximum Gasteiger partial charge on any atom is 0.414 e. The van der Waals surface area contributed by atoms with E-state index in [1.165, 1.54) is 7.11 Å². The molecule has 0 aromatic carbocycles. The summed E-state index contributed by atoms with van der Waals surface area (Å²) in [5, 5.41) is 14.8. The molecule has 1 rings (SSSR count). The minimum Gasteiger partial charge on any atom is -0.473 e. The molecule has 25 heavy (non-hydrogen) atoms. The molecule has 1 heterocycles. The van der Waals surface area contributed by atoms with E-state index in [9.17, 15) is 9.59 Å². The number of esters is 1. The molecule has 0 radical (unpaired) electrons. The number of carboxylic acid groups (broad SMARTS) is 2. The molecule has 2 unspecified atom stereocenters. The third-order valence-electron chi connectivity index (χ3n) is 3.28. The van der Waals surface area contributed by atoms with E-state index in [4.69, 9.17) is 30.3 Å². The van der Waals surface area contributed by atoms with Crippen LogP contribution in [0.4, 0.5) is 4.79 Å². The second-order valence-corrected chi connectivity index (χ2v) is 6.53. The number of amides is 1. The first-order valence-electron chi connectivity index (χ1n) is 7.64. The molecular weight excluding hydrogens is 336 g/mol. The van der Waals surface area contributed by atoms with Gasteiger partial charge in [-0.25, -0.2) is 14.4 Å². The van der Waals surface area contributed by atoms with Crippen LogP contribution in [0.2, 0.25) is 0 Å². The minimum atomic E-state index is -1.82. The molecule has 10 heteroatoms. The fraction of sp³-hybridized carbons (Fsp3) is 0.733. The van der Waals surface area contributed by atoms with Gasteiger partial charge in [-0.3, -0.25) is 4.79 Å². The van der Waals surface area contributed by atoms with Crippen molar-refractivity contribution < 1.29 is 38.9 Å². The number of ether oxygens (including phenoxy) is 2. The van der Waals surface area contributed by atoms with E-state index in [0.29, 0.717) is 19.5 Å². The molecule has 0 saturated carbocycles. The van der Waals surface area contributed by atoms with Crippen molar-refractivity contribution in [3.8, 4) is 0 Å². The van der Waals surface area contributed by atoms with Gasteiger partial charge in [-0.2, -0.15) is 0 Å². The van der Waals surface area contributed by atoms with Crippen LogP contribution in [0.1, 0.15) is 33.6 Å². The van der Waals surface area contributed by atoms with Gasteiger partial charge in [-0.1, -0.05) is 0 Å². The van der Waals surface area contributed by atoms with Crippen LogP contribution >= 0.6 is 0 Å². The normalized spacial score (nSPS) is 20.0. The van der Waals surface area contributed by atoms with Gasteiger partial charge < -0.3 is 30.3 Å². The predicted octanol–water partition coefficient (Wildman–Crippen LogP) is 0.289. The Morgan fingerprint density at radius 1 is 1.16 bits per heavy atom. The van der Waals surface area contributed by atoms with Crippen LogP contribution in [0.25, 0.3) is 0 Å². The number of rotatable bonds is 2. The second kappa shape index (κ2) is 9.82. The van der Waals surface area contributed by atoms with Crippen LogP contribution in [-0.2, 0) is 23.9 Å². The van der Waals surface area contributed by atoms with E-state index >= 15 is 0 Å². The Morgan fingerprint density at radius 2 is 1.68 bits per heavy atom. The standard InChI is InChI=1S/C13H24N2O4.C2H2O4/c1-13(2,3)19-12(17)15-6-5-10(14)9(8-15)7-11(16)18-4;3-1(4)2(5)6/h9-10H,5-8,14H2,1-4H3;(H,3,4)(H,5,6). The van der Waals surface area contributed by atoms with Crippen LogP contribution in [0.15, 0.2) is 0 Å². The average molecular weight is 362 g/mol. The van der Waals surface area contributed by atoms with Gasteiger partial charge in [0.25, 0.3) is 0 Å². The Kier molecular flexibility index (Phi) is 8.89. The first-order chi connectivity index (χ1) is 11.4. The van der Waals surface area contributed by atoms with Gasteiger partial charge in [0.05, 0.1) is 13.5 Å². The number of nitrogens with two attached hydrogens (primary N) is 1. The van der Waals surface area contributed by atoms with Gasteiger partial charge >= 0.3 is 24.0 Å². The zero-order valence-electron chi connectivity index (χ0n) is 14.9. The number of methoxy groups -OCH3 is 1. The number of hydrogen-bond donors (Lipinski definition) is 3. The molecule has 1 aliphatic rings. The van der Waals surface area contributed by atoms with Crippen LogP contribution in [0, 0.1) is 5.92 Å². The van der Waals surface area contributed by atoms with Crippen molar-refractivity contribution >= 4 is 24.0 Å². The molecule has 144 valence electrons. The molecule has 0 aromatic rings. The number of carboxylic acids is 2. The highest BCUT2D eigenvalue weighted by Crippen LogP contribution is 2.21. The van der Waals surface area contributed by atoms with E-state index in [2.05, 4.69) is 4.74 Å². The van der Waals surface area contributed by atoms with E-state index in [0.717, 1.165) is 0 Å². The largest absolute Gasteiger partial charge is 0.473 e. The monoisotopic (exact) mass is 362 g/mol. The second-order valence-electron chi connectivity index (χ2n) is 6.53. The fourth-order valence-electron chi connectivity index (χ4n) is 2.06. The van der Waals surface area contributed by atoms with E-state index in [-0.39, 0.29) is 30.4 Å². The zero-order chi connectivity index (χ0) is 19.8. The van der Waals surface area contributed by atoms with Crippen LogP contribution in [0.5, 0.6) is 0 Å². The Morgan fingerprint density at radius 3 is 2.08 bits per heavy atom. The Balaban J connectivity index is 0.000000823. The van der Waals surface area contributed by atoms with Crippen molar-refractivity contribution in [2.24, 2.45) is 11.7 Å². The Bertz CT molecular complexity index is 488. The Labute approximate surface area is 145 Å². The van der Waals surface area contributed by atoms with E-state index < -0.39 is 17.5 Å². The molecular formula is C15H26N2O8. The number of nitrogens with zero attached hydrogens (tertiary/aromatic N) is 1. The first kappa shape index (κ1) is 22.6. The van der Waals surface area contributed by atoms with Crippen molar-refractivity contribution in [1.82, 2.24) is 4.90 Å². The maximum atomic E-state index is 12.0. The third kappa shape index (κ3) is 9.50. The van der Waals surface area contributed by atoms with Gasteiger partial charge in [0.15, 0.2) is 0 Å². The van der Waals surface area contributed by atoms with Crippen molar-refractivity contribution in [3.63, 3.8) is 0 Å². The molecule has 4 N–H and O–H groups in total. The van der Waals surface area contributed by atoms with E-state index in [1.807, 2.05) is 20.8 Å². The lowest BCUT2D eigenvalue weighted by molar-refractivity contribution is -0.159. The molecule has 1 saturated heterocycles. The van der Waals surface area contributed by atoms with Crippen molar-refractivity contribution in [2.45, 2.75) is 45.3 Å². The summed E-state index contributed by atoms with van der Waals surface area (Å²) in [6.07, 6.45) is 0.548. The van der Waals surface area contributed by atoms with Gasteiger partial charge in [-0.05, 0) is 27.2 Å². The minimum absolute atomic E-state index is 0.0753. The summed E-state index contributed by atoms with van der Waals surface area (Å²) in [5.41, 5.74) is 5.47. The highest BCUT2D eigenvalue weighted by atomic mass is 16.6. The summed E-state index contributed by atoms with van der Waals surface area (Å²) in [4.78, 5) is 43.1. The van der Waals surface area contributed by atoms with Crippen LogP contribution < -0.4 is 5.73 Å². The molecule has 1 amide bonds. The van der Waals surface area contributed by atoms with Crippen molar-refractivity contribution in [3.05, 3.63) is 0 Å². The number of carbonyl (C=O) groups excluding carboxylic acids is 2. The SMILES string of the molecule is COC(=O)CC1CN(C(=O)OC(C)(C)C)CCC1N.O=C(O)C(=O)O. The molecule has 0 aliphatic carbocycles. The lowest BCUT2D eigenvalue weighted by Crippen LogP contribution is -2.50. The zero-order valence-corrected chi connectivity index (χ0v) is 14.9. The van der Waals surface area contributed by atoms with Crippen molar-refractivity contribution in [2.75, 3.05) is 20.2 Å². The molecule has 1 fully saturated rings. The molecule has 0 bridgehead atoms. The maximum absolute atomic E-state index is 12.0.